The minimum Gasteiger partial charge on any atom is -0.478 e. The Hall–Kier alpha value is -2.27. The van der Waals surface area contributed by atoms with Crippen LogP contribution in [0, 0.1) is 6.92 Å². The summed E-state index contributed by atoms with van der Waals surface area (Å²) in [4.78, 5) is 23.0. The van der Waals surface area contributed by atoms with E-state index in [0.717, 1.165) is 16.8 Å². The number of amides is 1. The average molecular weight is 315 g/mol. The fourth-order valence-corrected chi connectivity index (χ4v) is 2.84. The summed E-state index contributed by atoms with van der Waals surface area (Å²) in [7, 11) is 0. The fraction of sp³-hybridized carbons (Fsp3) is 0.176. The van der Waals surface area contributed by atoms with Gasteiger partial charge in [-0.05, 0) is 30.2 Å². The van der Waals surface area contributed by atoms with Crippen LogP contribution >= 0.6 is 11.8 Å². The number of rotatable bonds is 6. The first-order valence-electron chi connectivity index (χ1n) is 6.82. The number of hydrogen-bond acceptors (Lipinski definition) is 3. The Morgan fingerprint density at radius 3 is 2.50 bits per heavy atom. The number of benzene rings is 2. The Morgan fingerprint density at radius 2 is 1.77 bits per heavy atom. The molecule has 0 aromatic heterocycles. The molecule has 0 aliphatic carbocycles. The maximum Gasteiger partial charge on any atom is 0.335 e. The SMILES string of the molecule is Cc1ccccc1NC(=O)CSCc1ccccc1C(=O)O. The first-order chi connectivity index (χ1) is 10.6. The van der Waals surface area contributed by atoms with E-state index in [1.165, 1.54) is 11.8 Å². The molecule has 5 heteroatoms. The van der Waals surface area contributed by atoms with Crippen molar-refractivity contribution in [3.05, 3.63) is 65.2 Å². The number of para-hydroxylation sites is 1. The number of aromatic carboxylic acids is 1. The zero-order valence-electron chi connectivity index (χ0n) is 12.2. The summed E-state index contributed by atoms with van der Waals surface area (Å²) in [5, 5.41) is 12.0. The first kappa shape index (κ1) is 16.1. The monoisotopic (exact) mass is 315 g/mol. The normalized spacial score (nSPS) is 10.2. The van der Waals surface area contributed by atoms with E-state index < -0.39 is 5.97 Å². The molecule has 1 amide bonds. The molecule has 0 aliphatic heterocycles. The molecule has 4 nitrogen and oxygen atoms in total. The molecule has 2 rings (SSSR count). The van der Waals surface area contributed by atoms with Gasteiger partial charge in [0, 0.05) is 11.4 Å². The molecule has 0 bridgehead atoms. The van der Waals surface area contributed by atoms with Crippen LogP contribution in [0.1, 0.15) is 21.5 Å². The zero-order valence-corrected chi connectivity index (χ0v) is 13.0. The molecule has 0 heterocycles. The molecule has 114 valence electrons. The number of carboxylic acids is 1. The summed E-state index contributed by atoms with van der Waals surface area (Å²) in [6.07, 6.45) is 0. The molecule has 2 N–H and O–H groups in total. The van der Waals surface area contributed by atoms with Gasteiger partial charge in [-0.2, -0.15) is 0 Å². The van der Waals surface area contributed by atoms with Gasteiger partial charge in [0.15, 0.2) is 0 Å². The van der Waals surface area contributed by atoms with Crippen LogP contribution in [0.5, 0.6) is 0 Å². The van der Waals surface area contributed by atoms with Crippen molar-refractivity contribution >= 4 is 29.3 Å². The van der Waals surface area contributed by atoms with E-state index in [4.69, 9.17) is 5.11 Å². The van der Waals surface area contributed by atoms with Gasteiger partial charge in [0.05, 0.1) is 11.3 Å². The van der Waals surface area contributed by atoms with Gasteiger partial charge in [0.2, 0.25) is 5.91 Å². The van der Waals surface area contributed by atoms with E-state index in [1.807, 2.05) is 31.2 Å². The number of thioether (sulfide) groups is 1. The number of anilines is 1. The van der Waals surface area contributed by atoms with Crippen molar-refractivity contribution in [1.82, 2.24) is 0 Å². The maximum absolute atomic E-state index is 11.9. The summed E-state index contributed by atoms with van der Waals surface area (Å²) in [6.45, 7) is 1.94. The third-order valence-electron chi connectivity index (χ3n) is 3.16. The summed E-state index contributed by atoms with van der Waals surface area (Å²) in [5.74, 6) is -0.265. The molecule has 0 saturated heterocycles. The average Bonchev–Trinajstić information content (AvgIpc) is 2.50. The molecule has 0 spiro atoms. The predicted molar refractivity (Wildman–Crippen MR) is 89.4 cm³/mol. The lowest BCUT2D eigenvalue weighted by atomic mass is 10.1. The number of carbonyl (C=O) groups is 2. The molecule has 2 aromatic carbocycles. The first-order valence-corrected chi connectivity index (χ1v) is 7.98. The highest BCUT2D eigenvalue weighted by molar-refractivity contribution is 7.99. The molecule has 0 aliphatic rings. The van der Waals surface area contributed by atoms with Crippen molar-refractivity contribution in [2.45, 2.75) is 12.7 Å². The summed E-state index contributed by atoms with van der Waals surface area (Å²) < 4.78 is 0. The second-order valence-electron chi connectivity index (χ2n) is 4.82. The smallest absolute Gasteiger partial charge is 0.335 e. The largest absolute Gasteiger partial charge is 0.478 e. The summed E-state index contributed by atoms with van der Waals surface area (Å²) >= 11 is 1.40. The van der Waals surface area contributed by atoms with E-state index in [9.17, 15) is 9.59 Å². The number of carboxylic acid groups (broad SMARTS) is 1. The molecular weight excluding hydrogens is 298 g/mol. The molecule has 0 unspecified atom stereocenters. The van der Waals surface area contributed by atoms with Crippen LogP contribution in [0.25, 0.3) is 0 Å². The highest BCUT2D eigenvalue weighted by Crippen LogP contribution is 2.18. The van der Waals surface area contributed by atoms with Gasteiger partial charge in [0.25, 0.3) is 0 Å². The van der Waals surface area contributed by atoms with Gasteiger partial charge in [-0.15, -0.1) is 11.8 Å². The lowest BCUT2D eigenvalue weighted by molar-refractivity contribution is -0.113. The Morgan fingerprint density at radius 1 is 1.09 bits per heavy atom. The maximum atomic E-state index is 11.9. The van der Waals surface area contributed by atoms with Gasteiger partial charge in [-0.1, -0.05) is 36.4 Å². The second-order valence-corrected chi connectivity index (χ2v) is 5.80. The standard InChI is InChI=1S/C17H17NO3S/c1-12-6-2-5-9-15(12)18-16(19)11-22-10-13-7-3-4-8-14(13)17(20)21/h2-9H,10-11H2,1H3,(H,18,19)(H,20,21). The highest BCUT2D eigenvalue weighted by atomic mass is 32.2. The Labute approximate surface area is 133 Å². The third-order valence-corrected chi connectivity index (χ3v) is 4.14. The van der Waals surface area contributed by atoms with E-state index in [-0.39, 0.29) is 17.2 Å². The van der Waals surface area contributed by atoms with E-state index in [0.29, 0.717) is 5.75 Å². The molecule has 0 saturated carbocycles. The van der Waals surface area contributed by atoms with E-state index >= 15 is 0 Å². The number of hydrogen-bond donors (Lipinski definition) is 2. The molecule has 0 fully saturated rings. The van der Waals surface area contributed by atoms with Crippen LogP contribution in [0.4, 0.5) is 5.69 Å². The Bertz CT molecular complexity index is 685. The van der Waals surface area contributed by atoms with Gasteiger partial charge in [0.1, 0.15) is 0 Å². The minimum atomic E-state index is -0.944. The van der Waals surface area contributed by atoms with Crippen molar-refractivity contribution in [2.75, 3.05) is 11.1 Å². The topological polar surface area (TPSA) is 66.4 Å². The van der Waals surface area contributed by atoms with Crippen LogP contribution < -0.4 is 5.32 Å². The molecule has 2 aromatic rings. The van der Waals surface area contributed by atoms with Crippen LogP contribution in [0.15, 0.2) is 48.5 Å². The number of carbonyl (C=O) groups excluding carboxylic acids is 1. The quantitative estimate of drug-likeness (QED) is 0.855. The number of aryl methyl sites for hydroxylation is 1. The minimum absolute atomic E-state index is 0.0906. The van der Waals surface area contributed by atoms with Crippen molar-refractivity contribution in [3.8, 4) is 0 Å². The summed E-state index contributed by atoms with van der Waals surface area (Å²) in [5.41, 5.74) is 2.83. The van der Waals surface area contributed by atoms with E-state index in [2.05, 4.69) is 5.32 Å². The Balaban J connectivity index is 1.88. The van der Waals surface area contributed by atoms with Crippen LogP contribution in [-0.2, 0) is 10.5 Å². The van der Waals surface area contributed by atoms with Gasteiger partial charge in [-0.25, -0.2) is 4.79 Å². The van der Waals surface area contributed by atoms with Crippen LogP contribution in [-0.4, -0.2) is 22.7 Å². The molecule has 0 atom stereocenters. The van der Waals surface area contributed by atoms with Gasteiger partial charge in [-0.3, -0.25) is 4.79 Å². The van der Waals surface area contributed by atoms with Crippen LogP contribution in [0.2, 0.25) is 0 Å². The van der Waals surface area contributed by atoms with Gasteiger partial charge < -0.3 is 10.4 Å². The molecule has 0 radical (unpaired) electrons. The molecular formula is C17H17NO3S. The van der Waals surface area contributed by atoms with E-state index in [1.54, 1.807) is 24.3 Å². The third kappa shape index (κ3) is 4.36. The van der Waals surface area contributed by atoms with Crippen molar-refractivity contribution in [2.24, 2.45) is 0 Å². The van der Waals surface area contributed by atoms with Crippen molar-refractivity contribution in [1.29, 1.82) is 0 Å². The van der Waals surface area contributed by atoms with Crippen LogP contribution in [0.3, 0.4) is 0 Å². The second kappa shape index (κ2) is 7.66. The van der Waals surface area contributed by atoms with Gasteiger partial charge >= 0.3 is 5.97 Å². The lowest BCUT2D eigenvalue weighted by Gasteiger charge is -2.08. The zero-order chi connectivity index (χ0) is 15.9. The lowest BCUT2D eigenvalue weighted by Crippen LogP contribution is -2.15. The predicted octanol–water partition coefficient (Wildman–Crippen LogP) is 3.57. The Kier molecular flexibility index (Phi) is 5.61. The van der Waals surface area contributed by atoms with Crippen molar-refractivity contribution in [3.63, 3.8) is 0 Å². The highest BCUT2D eigenvalue weighted by Gasteiger charge is 2.10. The fourth-order valence-electron chi connectivity index (χ4n) is 2.01. The van der Waals surface area contributed by atoms with Crippen molar-refractivity contribution < 1.29 is 14.7 Å². The molecule has 22 heavy (non-hydrogen) atoms. The number of nitrogens with one attached hydrogen (secondary N) is 1. The summed E-state index contributed by atoms with van der Waals surface area (Å²) in [6, 6.07) is 14.4.